The Morgan fingerprint density at radius 1 is 1.12 bits per heavy atom. The summed E-state index contributed by atoms with van der Waals surface area (Å²) in [5.74, 6) is -0.442. The number of phenolic OH excluding ortho intramolecular Hbond substituents is 1. The summed E-state index contributed by atoms with van der Waals surface area (Å²) >= 11 is 3.30. The minimum Gasteiger partial charge on any atom is -0.507 e. The van der Waals surface area contributed by atoms with E-state index in [1.165, 1.54) is 12.3 Å². The first-order chi connectivity index (χ1) is 12.2. The van der Waals surface area contributed by atoms with Crippen LogP contribution in [0.15, 0.2) is 52.0 Å². The van der Waals surface area contributed by atoms with Gasteiger partial charge in [0.15, 0.2) is 0 Å². The largest absolute Gasteiger partial charge is 0.507 e. The van der Waals surface area contributed by atoms with E-state index in [0.29, 0.717) is 16.8 Å². The standard InChI is InChI=1S/C19H20BrN3O3/c1-19(2,3)18(26)22-15-7-4-12(5-8-15)17(25)23-21-11-13-10-14(20)6-9-16(13)24/h4-11,24H,1-3H3,(H,22,26)(H,23,25)/b21-11+. The van der Waals surface area contributed by atoms with Crippen LogP contribution in [0, 0.1) is 5.41 Å². The Morgan fingerprint density at radius 2 is 1.77 bits per heavy atom. The predicted molar refractivity (Wildman–Crippen MR) is 105 cm³/mol. The lowest BCUT2D eigenvalue weighted by Crippen LogP contribution is -2.27. The van der Waals surface area contributed by atoms with Crippen molar-refractivity contribution in [2.75, 3.05) is 5.32 Å². The Labute approximate surface area is 160 Å². The molecule has 0 aliphatic rings. The Kier molecular flexibility index (Phi) is 6.15. The summed E-state index contributed by atoms with van der Waals surface area (Å²) in [5, 5.41) is 16.4. The van der Waals surface area contributed by atoms with E-state index in [1.54, 1.807) is 36.4 Å². The van der Waals surface area contributed by atoms with Crippen LogP contribution in [-0.4, -0.2) is 23.1 Å². The first-order valence-corrected chi connectivity index (χ1v) is 8.69. The third kappa shape index (κ3) is 5.42. The summed E-state index contributed by atoms with van der Waals surface area (Å²) < 4.78 is 0.788. The Hall–Kier alpha value is -2.67. The van der Waals surface area contributed by atoms with E-state index in [2.05, 4.69) is 31.8 Å². The average molecular weight is 418 g/mol. The molecule has 3 N–H and O–H groups in total. The molecule has 136 valence electrons. The number of phenols is 1. The number of halogens is 1. The third-order valence-electron chi connectivity index (χ3n) is 3.45. The van der Waals surface area contributed by atoms with Crippen molar-refractivity contribution in [1.29, 1.82) is 0 Å². The van der Waals surface area contributed by atoms with Gasteiger partial charge in [-0.05, 0) is 42.5 Å². The molecule has 2 amide bonds. The van der Waals surface area contributed by atoms with E-state index in [0.717, 1.165) is 4.47 Å². The maximum atomic E-state index is 12.1. The molecular weight excluding hydrogens is 398 g/mol. The zero-order valence-electron chi connectivity index (χ0n) is 14.7. The van der Waals surface area contributed by atoms with Crippen molar-refractivity contribution in [1.82, 2.24) is 5.43 Å². The summed E-state index contributed by atoms with van der Waals surface area (Å²) in [6.07, 6.45) is 1.36. The van der Waals surface area contributed by atoms with Gasteiger partial charge in [-0.3, -0.25) is 9.59 Å². The van der Waals surface area contributed by atoms with Crippen LogP contribution in [0.3, 0.4) is 0 Å². The second-order valence-electron chi connectivity index (χ2n) is 6.68. The van der Waals surface area contributed by atoms with Crippen molar-refractivity contribution in [2.24, 2.45) is 10.5 Å². The molecule has 0 fully saturated rings. The minimum atomic E-state index is -0.497. The molecule has 0 saturated heterocycles. The van der Waals surface area contributed by atoms with E-state index < -0.39 is 11.3 Å². The van der Waals surface area contributed by atoms with Gasteiger partial charge >= 0.3 is 0 Å². The monoisotopic (exact) mass is 417 g/mol. The summed E-state index contributed by atoms with van der Waals surface area (Å²) in [6.45, 7) is 5.47. The molecule has 26 heavy (non-hydrogen) atoms. The maximum absolute atomic E-state index is 12.1. The van der Waals surface area contributed by atoms with Crippen LogP contribution in [-0.2, 0) is 4.79 Å². The molecule has 0 radical (unpaired) electrons. The van der Waals surface area contributed by atoms with E-state index in [9.17, 15) is 14.7 Å². The molecule has 6 nitrogen and oxygen atoms in total. The number of hydrogen-bond donors (Lipinski definition) is 3. The molecule has 2 aromatic carbocycles. The second-order valence-corrected chi connectivity index (χ2v) is 7.60. The SMILES string of the molecule is CC(C)(C)C(=O)Nc1ccc(C(=O)N/N=C/c2cc(Br)ccc2O)cc1. The van der Waals surface area contributed by atoms with Gasteiger partial charge in [0.05, 0.1) is 6.21 Å². The summed E-state index contributed by atoms with van der Waals surface area (Å²) in [5.41, 5.74) is 3.38. The summed E-state index contributed by atoms with van der Waals surface area (Å²) in [6, 6.07) is 11.4. The van der Waals surface area contributed by atoms with E-state index in [1.807, 2.05) is 20.8 Å². The lowest BCUT2D eigenvalue weighted by molar-refractivity contribution is -0.123. The first kappa shape index (κ1) is 19.7. The van der Waals surface area contributed by atoms with Crippen molar-refractivity contribution < 1.29 is 14.7 Å². The molecule has 0 heterocycles. The zero-order chi connectivity index (χ0) is 19.3. The highest BCUT2D eigenvalue weighted by atomic mass is 79.9. The minimum absolute atomic E-state index is 0.0603. The lowest BCUT2D eigenvalue weighted by atomic mass is 9.95. The number of carbonyl (C=O) groups is 2. The lowest BCUT2D eigenvalue weighted by Gasteiger charge is -2.17. The molecule has 0 saturated carbocycles. The fourth-order valence-corrected chi connectivity index (χ4v) is 2.26. The molecule has 0 aliphatic heterocycles. The highest BCUT2D eigenvalue weighted by Crippen LogP contribution is 2.20. The Bertz CT molecular complexity index is 840. The van der Waals surface area contributed by atoms with E-state index >= 15 is 0 Å². The van der Waals surface area contributed by atoms with Crippen LogP contribution in [0.2, 0.25) is 0 Å². The van der Waals surface area contributed by atoms with Crippen LogP contribution in [0.1, 0.15) is 36.7 Å². The predicted octanol–water partition coefficient (Wildman–Crippen LogP) is 3.90. The van der Waals surface area contributed by atoms with Gasteiger partial charge in [-0.25, -0.2) is 5.43 Å². The molecule has 0 spiro atoms. The van der Waals surface area contributed by atoms with Gasteiger partial charge in [0.25, 0.3) is 5.91 Å². The first-order valence-electron chi connectivity index (χ1n) is 7.90. The van der Waals surface area contributed by atoms with Crippen molar-refractivity contribution in [3.63, 3.8) is 0 Å². The number of hydrogen-bond acceptors (Lipinski definition) is 4. The summed E-state index contributed by atoms with van der Waals surface area (Å²) in [4.78, 5) is 24.0. The molecule has 0 unspecified atom stereocenters. The van der Waals surface area contributed by atoms with Gasteiger partial charge in [0.1, 0.15) is 5.75 Å². The molecule has 2 rings (SSSR count). The smallest absolute Gasteiger partial charge is 0.271 e. The number of hydrazone groups is 1. The molecule has 0 aliphatic carbocycles. The second kappa shape index (κ2) is 8.14. The van der Waals surface area contributed by atoms with E-state index in [4.69, 9.17) is 0 Å². The highest BCUT2D eigenvalue weighted by Gasteiger charge is 2.21. The topological polar surface area (TPSA) is 90.8 Å². The average Bonchev–Trinajstić information content (AvgIpc) is 2.57. The van der Waals surface area contributed by atoms with Gasteiger partial charge in [0, 0.05) is 26.7 Å². The molecule has 2 aromatic rings. The van der Waals surface area contributed by atoms with Gasteiger partial charge in [-0.2, -0.15) is 5.10 Å². The Morgan fingerprint density at radius 3 is 2.38 bits per heavy atom. The number of rotatable bonds is 4. The molecule has 0 aromatic heterocycles. The molecular formula is C19H20BrN3O3. The summed E-state index contributed by atoms with van der Waals surface area (Å²) in [7, 11) is 0. The third-order valence-corrected chi connectivity index (χ3v) is 3.94. The number of aromatic hydroxyl groups is 1. The van der Waals surface area contributed by atoms with Crippen molar-refractivity contribution in [2.45, 2.75) is 20.8 Å². The number of amides is 2. The van der Waals surface area contributed by atoms with Crippen LogP contribution in [0.5, 0.6) is 5.75 Å². The number of benzene rings is 2. The van der Waals surface area contributed by atoms with Crippen LogP contribution >= 0.6 is 15.9 Å². The quantitative estimate of drug-likeness (QED) is 0.520. The van der Waals surface area contributed by atoms with Crippen LogP contribution in [0.25, 0.3) is 0 Å². The van der Waals surface area contributed by atoms with Crippen LogP contribution in [0.4, 0.5) is 5.69 Å². The van der Waals surface area contributed by atoms with Gasteiger partial charge in [-0.1, -0.05) is 36.7 Å². The normalized spacial score (nSPS) is 11.4. The van der Waals surface area contributed by atoms with Crippen molar-refractivity contribution >= 4 is 39.6 Å². The van der Waals surface area contributed by atoms with E-state index in [-0.39, 0.29) is 11.7 Å². The van der Waals surface area contributed by atoms with Crippen molar-refractivity contribution in [3.05, 3.63) is 58.1 Å². The number of carbonyl (C=O) groups excluding carboxylic acids is 2. The molecule has 0 atom stereocenters. The zero-order valence-corrected chi connectivity index (χ0v) is 16.3. The highest BCUT2D eigenvalue weighted by molar-refractivity contribution is 9.10. The molecule has 0 bridgehead atoms. The van der Waals surface area contributed by atoms with Crippen molar-refractivity contribution in [3.8, 4) is 5.75 Å². The number of nitrogens with zero attached hydrogens (tertiary/aromatic N) is 1. The fourth-order valence-electron chi connectivity index (χ4n) is 1.88. The Balaban J connectivity index is 1.98. The van der Waals surface area contributed by atoms with Gasteiger partial charge in [-0.15, -0.1) is 0 Å². The number of nitrogens with one attached hydrogen (secondary N) is 2. The van der Waals surface area contributed by atoms with Gasteiger partial charge < -0.3 is 10.4 Å². The maximum Gasteiger partial charge on any atom is 0.271 e. The fraction of sp³-hybridized carbons (Fsp3) is 0.211. The van der Waals surface area contributed by atoms with Crippen LogP contribution < -0.4 is 10.7 Å². The molecule has 7 heteroatoms. The van der Waals surface area contributed by atoms with Gasteiger partial charge in [0.2, 0.25) is 5.91 Å². The number of anilines is 1.